The number of carbonyl (C=O) groups is 1. The van der Waals surface area contributed by atoms with Crippen LogP contribution in [0.2, 0.25) is 5.02 Å². The number of ether oxygens (including phenoxy) is 3. The molecule has 1 amide bonds. The van der Waals surface area contributed by atoms with Gasteiger partial charge in [0.2, 0.25) is 5.13 Å². The van der Waals surface area contributed by atoms with Crippen LogP contribution in [0.1, 0.15) is 36.9 Å². The SMILES string of the molecule is CCOc1cc(C=C(C#N)C(=O)Nc2nnc(CC(C)C)s2)cc(Cl)c1OCCOc1ccccc1C. The van der Waals surface area contributed by atoms with Gasteiger partial charge >= 0.3 is 0 Å². The Balaban J connectivity index is 1.71. The highest BCUT2D eigenvalue weighted by Gasteiger charge is 2.16. The molecule has 0 atom stereocenters. The number of halogens is 1. The van der Waals surface area contributed by atoms with Crippen LogP contribution in [0, 0.1) is 24.2 Å². The quantitative estimate of drug-likeness (QED) is 0.168. The number of anilines is 1. The summed E-state index contributed by atoms with van der Waals surface area (Å²) in [4.78, 5) is 12.7. The molecule has 0 spiro atoms. The molecule has 0 saturated carbocycles. The minimum Gasteiger partial charge on any atom is -0.490 e. The van der Waals surface area contributed by atoms with Crippen LogP contribution in [0.3, 0.4) is 0 Å². The van der Waals surface area contributed by atoms with E-state index in [1.807, 2.05) is 44.2 Å². The summed E-state index contributed by atoms with van der Waals surface area (Å²) in [6.07, 6.45) is 2.20. The number of rotatable bonds is 12. The van der Waals surface area contributed by atoms with Crippen molar-refractivity contribution in [2.75, 3.05) is 25.1 Å². The van der Waals surface area contributed by atoms with Crippen molar-refractivity contribution in [1.29, 1.82) is 5.26 Å². The fourth-order valence-corrected chi connectivity index (χ4v) is 4.52. The van der Waals surface area contributed by atoms with E-state index in [9.17, 15) is 10.1 Å². The average molecular weight is 541 g/mol. The maximum atomic E-state index is 12.7. The molecule has 0 unspecified atom stereocenters. The Morgan fingerprint density at radius 2 is 1.92 bits per heavy atom. The van der Waals surface area contributed by atoms with Crippen LogP contribution in [0.5, 0.6) is 17.2 Å². The van der Waals surface area contributed by atoms with E-state index in [1.165, 1.54) is 17.4 Å². The molecule has 0 aliphatic heterocycles. The predicted molar refractivity (Wildman–Crippen MR) is 145 cm³/mol. The third-order valence-electron chi connectivity index (χ3n) is 4.96. The molecule has 10 heteroatoms. The van der Waals surface area contributed by atoms with Crippen LogP contribution in [0.4, 0.5) is 5.13 Å². The summed E-state index contributed by atoms with van der Waals surface area (Å²) in [7, 11) is 0. The maximum absolute atomic E-state index is 12.7. The molecule has 194 valence electrons. The Morgan fingerprint density at radius 1 is 1.16 bits per heavy atom. The topological polar surface area (TPSA) is 106 Å². The monoisotopic (exact) mass is 540 g/mol. The van der Waals surface area contributed by atoms with Crippen LogP contribution in [0.25, 0.3) is 6.08 Å². The van der Waals surface area contributed by atoms with E-state index < -0.39 is 5.91 Å². The summed E-state index contributed by atoms with van der Waals surface area (Å²) in [6, 6.07) is 12.9. The Bertz CT molecular complexity index is 1300. The maximum Gasteiger partial charge on any atom is 0.268 e. The van der Waals surface area contributed by atoms with Crippen LogP contribution in [0.15, 0.2) is 42.0 Å². The van der Waals surface area contributed by atoms with Crippen LogP contribution in [-0.2, 0) is 11.2 Å². The van der Waals surface area contributed by atoms with Crippen molar-refractivity contribution in [2.45, 2.75) is 34.1 Å². The molecule has 3 rings (SSSR count). The molecular formula is C27H29ClN4O4S. The number of amides is 1. The zero-order valence-corrected chi connectivity index (χ0v) is 22.8. The first-order valence-electron chi connectivity index (χ1n) is 11.8. The first-order chi connectivity index (χ1) is 17.8. The number of hydrogen-bond acceptors (Lipinski definition) is 8. The minimum atomic E-state index is -0.586. The number of nitrogens with one attached hydrogen (secondary N) is 1. The fraction of sp³-hybridized carbons (Fsp3) is 0.333. The van der Waals surface area contributed by atoms with Crippen LogP contribution < -0.4 is 19.5 Å². The second kappa shape index (κ2) is 13.6. The van der Waals surface area contributed by atoms with Crippen LogP contribution in [-0.4, -0.2) is 35.9 Å². The molecule has 3 aromatic rings. The largest absolute Gasteiger partial charge is 0.490 e. The lowest BCUT2D eigenvalue weighted by atomic mass is 10.1. The first kappa shape index (κ1) is 28.0. The summed E-state index contributed by atoms with van der Waals surface area (Å²) in [5.41, 5.74) is 1.44. The van der Waals surface area contributed by atoms with Gasteiger partial charge in [0.15, 0.2) is 11.5 Å². The van der Waals surface area contributed by atoms with Crippen molar-refractivity contribution in [3.05, 3.63) is 63.1 Å². The smallest absolute Gasteiger partial charge is 0.268 e. The Morgan fingerprint density at radius 3 is 2.62 bits per heavy atom. The van der Waals surface area contributed by atoms with Gasteiger partial charge in [-0.25, -0.2) is 0 Å². The van der Waals surface area contributed by atoms with Gasteiger partial charge in [-0.3, -0.25) is 10.1 Å². The van der Waals surface area contributed by atoms with E-state index in [1.54, 1.807) is 12.1 Å². The highest BCUT2D eigenvalue weighted by molar-refractivity contribution is 7.15. The lowest BCUT2D eigenvalue weighted by Gasteiger charge is -2.15. The second-order valence-corrected chi connectivity index (χ2v) is 9.92. The molecule has 0 radical (unpaired) electrons. The molecule has 0 fully saturated rings. The van der Waals surface area contributed by atoms with Gasteiger partial charge in [-0.2, -0.15) is 5.26 Å². The Labute approximate surface area is 225 Å². The van der Waals surface area contributed by atoms with E-state index >= 15 is 0 Å². The highest BCUT2D eigenvalue weighted by Crippen LogP contribution is 2.37. The number of aromatic nitrogens is 2. The van der Waals surface area contributed by atoms with Crippen molar-refractivity contribution >= 4 is 40.1 Å². The lowest BCUT2D eigenvalue weighted by Crippen LogP contribution is -2.13. The number of nitrogens with zero attached hydrogens (tertiary/aromatic N) is 3. The first-order valence-corrected chi connectivity index (χ1v) is 13.0. The van der Waals surface area contributed by atoms with E-state index in [4.69, 9.17) is 25.8 Å². The van der Waals surface area contributed by atoms with E-state index in [-0.39, 0.29) is 17.2 Å². The highest BCUT2D eigenvalue weighted by atomic mass is 35.5. The molecule has 0 bridgehead atoms. The number of nitriles is 1. The van der Waals surface area contributed by atoms with Gasteiger partial charge in [0.1, 0.15) is 35.6 Å². The van der Waals surface area contributed by atoms with Crippen molar-refractivity contribution in [2.24, 2.45) is 5.92 Å². The summed E-state index contributed by atoms with van der Waals surface area (Å²) in [6.45, 7) is 8.90. The third-order valence-corrected chi connectivity index (χ3v) is 6.10. The summed E-state index contributed by atoms with van der Waals surface area (Å²) in [5, 5.41) is 21.7. The van der Waals surface area contributed by atoms with Gasteiger partial charge in [0, 0.05) is 6.42 Å². The third kappa shape index (κ3) is 8.20. The molecular weight excluding hydrogens is 512 g/mol. The van der Waals surface area contributed by atoms with Crippen molar-refractivity contribution < 1.29 is 19.0 Å². The number of aryl methyl sites for hydroxylation is 1. The molecule has 1 heterocycles. The summed E-state index contributed by atoms with van der Waals surface area (Å²) < 4.78 is 17.4. The standard InChI is InChI=1S/C27H29ClN4O4S/c1-5-34-23-15-19(13-20(16-29)26(33)30-27-32-31-24(37-27)12-17(2)3)14-21(28)25(23)36-11-10-35-22-9-7-6-8-18(22)4/h6-9,13-15,17H,5,10-12H2,1-4H3,(H,30,32,33). The van der Waals surface area contributed by atoms with Gasteiger partial charge < -0.3 is 14.2 Å². The van der Waals surface area contributed by atoms with E-state index in [2.05, 4.69) is 29.4 Å². The molecule has 37 heavy (non-hydrogen) atoms. The van der Waals surface area contributed by atoms with E-state index in [0.717, 1.165) is 22.7 Å². The normalized spacial score (nSPS) is 11.2. The number of para-hydroxylation sites is 1. The number of benzene rings is 2. The summed E-state index contributed by atoms with van der Waals surface area (Å²) >= 11 is 7.78. The molecule has 8 nitrogen and oxygen atoms in total. The fourth-order valence-electron chi connectivity index (χ4n) is 3.30. The Hall–Kier alpha value is -3.61. The second-order valence-electron chi connectivity index (χ2n) is 8.45. The predicted octanol–water partition coefficient (Wildman–Crippen LogP) is 6.10. The zero-order valence-electron chi connectivity index (χ0n) is 21.2. The number of carbonyl (C=O) groups excluding carboxylic acids is 1. The van der Waals surface area contributed by atoms with Crippen molar-refractivity contribution in [3.8, 4) is 23.3 Å². The van der Waals surface area contributed by atoms with E-state index in [0.29, 0.717) is 41.3 Å². The molecule has 1 aromatic heterocycles. The Kier molecular flexibility index (Phi) is 10.3. The van der Waals surface area contributed by atoms with Gasteiger partial charge in [-0.1, -0.05) is 55.0 Å². The molecule has 1 N–H and O–H groups in total. The molecule has 0 aliphatic carbocycles. The van der Waals surface area contributed by atoms with Crippen molar-refractivity contribution in [1.82, 2.24) is 10.2 Å². The molecule has 0 saturated heterocycles. The zero-order chi connectivity index (χ0) is 26.8. The average Bonchev–Trinajstić information content (AvgIpc) is 3.28. The molecule has 2 aromatic carbocycles. The minimum absolute atomic E-state index is 0.112. The summed E-state index contributed by atoms with van der Waals surface area (Å²) in [5.74, 6) is 1.39. The van der Waals surface area contributed by atoms with Gasteiger partial charge in [-0.05, 0) is 55.2 Å². The van der Waals surface area contributed by atoms with Gasteiger partial charge in [0.05, 0.1) is 11.6 Å². The van der Waals surface area contributed by atoms with Crippen LogP contribution >= 0.6 is 22.9 Å². The molecule has 0 aliphatic rings. The lowest BCUT2D eigenvalue weighted by molar-refractivity contribution is -0.112. The van der Waals surface area contributed by atoms with Gasteiger partial charge in [0.25, 0.3) is 5.91 Å². The van der Waals surface area contributed by atoms with Gasteiger partial charge in [-0.15, -0.1) is 10.2 Å². The van der Waals surface area contributed by atoms with Crippen molar-refractivity contribution in [3.63, 3.8) is 0 Å². The number of hydrogen-bond donors (Lipinski definition) is 1.